The molecule has 0 fully saturated rings. The fourth-order valence-corrected chi connectivity index (χ4v) is 2.32. The second kappa shape index (κ2) is 7.12. The highest BCUT2D eigenvalue weighted by atomic mass is 19.1. The average molecular weight is 340 g/mol. The predicted molar refractivity (Wildman–Crippen MR) is 88.7 cm³/mol. The summed E-state index contributed by atoms with van der Waals surface area (Å²) < 4.78 is 27.1. The SMILES string of the molecule is CN(c1cncnc1)c1cc(C(=O)Cc2ccc(F)cn2)ccc1F. The Balaban J connectivity index is 1.85. The molecular weight excluding hydrogens is 326 g/mol. The number of benzene rings is 1. The number of carbonyl (C=O) groups excluding carboxylic acids is 1. The molecule has 2 aromatic heterocycles. The molecule has 5 nitrogen and oxygen atoms in total. The molecule has 0 unspecified atom stereocenters. The average Bonchev–Trinajstić information content (AvgIpc) is 2.64. The van der Waals surface area contributed by atoms with Crippen LogP contribution in [0, 0.1) is 11.6 Å². The summed E-state index contributed by atoms with van der Waals surface area (Å²) in [6.45, 7) is 0. The lowest BCUT2D eigenvalue weighted by atomic mass is 10.0. The van der Waals surface area contributed by atoms with Crippen molar-refractivity contribution in [1.82, 2.24) is 15.0 Å². The fraction of sp³-hybridized carbons (Fsp3) is 0.111. The Morgan fingerprint density at radius 1 is 1.08 bits per heavy atom. The zero-order valence-electron chi connectivity index (χ0n) is 13.4. The van der Waals surface area contributed by atoms with Gasteiger partial charge in [-0.05, 0) is 30.3 Å². The number of rotatable bonds is 5. The molecule has 0 radical (unpaired) electrons. The number of ketones is 1. The third-order valence-electron chi connectivity index (χ3n) is 3.69. The van der Waals surface area contributed by atoms with Crippen molar-refractivity contribution in [2.24, 2.45) is 0 Å². The number of carbonyl (C=O) groups is 1. The number of hydrogen-bond donors (Lipinski definition) is 0. The van der Waals surface area contributed by atoms with Crippen molar-refractivity contribution >= 4 is 17.2 Å². The molecule has 0 aliphatic heterocycles. The third kappa shape index (κ3) is 3.82. The van der Waals surface area contributed by atoms with E-state index >= 15 is 0 Å². The molecule has 3 rings (SSSR count). The first-order valence-electron chi connectivity index (χ1n) is 7.46. The minimum Gasteiger partial charge on any atom is -0.340 e. The van der Waals surface area contributed by atoms with E-state index in [-0.39, 0.29) is 17.9 Å². The fourth-order valence-electron chi connectivity index (χ4n) is 2.32. The highest BCUT2D eigenvalue weighted by molar-refractivity contribution is 5.98. The number of pyridine rings is 1. The maximum atomic E-state index is 14.2. The molecule has 126 valence electrons. The van der Waals surface area contributed by atoms with E-state index in [2.05, 4.69) is 15.0 Å². The highest BCUT2D eigenvalue weighted by Gasteiger charge is 2.15. The van der Waals surface area contributed by atoms with Crippen LogP contribution in [-0.4, -0.2) is 27.8 Å². The van der Waals surface area contributed by atoms with Gasteiger partial charge in [-0.3, -0.25) is 9.78 Å². The lowest BCUT2D eigenvalue weighted by molar-refractivity contribution is 0.0992. The van der Waals surface area contributed by atoms with Crippen molar-refractivity contribution in [3.05, 3.63) is 78.1 Å². The van der Waals surface area contributed by atoms with E-state index in [0.717, 1.165) is 6.20 Å². The third-order valence-corrected chi connectivity index (χ3v) is 3.69. The van der Waals surface area contributed by atoms with Gasteiger partial charge in [0.25, 0.3) is 0 Å². The molecule has 2 heterocycles. The molecule has 7 heteroatoms. The van der Waals surface area contributed by atoms with Crippen LogP contribution in [0.2, 0.25) is 0 Å². The number of anilines is 2. The zero-order chi connectivity index (χ0) is 17.8. The molecule has 0 bridgehead atoms. The van der Waals surface area contributed by atoms with Gasteiger partial charge in [0, 0.05) is 18.3 Å². The van der Waals surface area contributed by atoms with Crippen molar-refractivity contribution in [1.29, 1.82) is 0 Å². The number of hydrogen-bond acceptors (Lipinski definition) is 5. The number of aromatic nitrogens is 3. The standard InChI is InChI=1S/C18H14F2N4O/c1-24(15-9-21-11-22-10-15)17-6-12(2-5-16(17)20)18(25)7-14-4-3-13(19)8-23-14/h2-6,8-11H,7H2,1H3. The molecule has 1 aromatic carbocycles. The lowest BCUT2D eigenvalue weighted by Crippen LogP contribution is -2.13. The molecule has 0 amide bonds. The van der Waals surface area contributed by atoms with Gasteiger partial charge < -0.3 is 4.90 Å². The van der Waals surface area contributed by atoms with Crippen LogP contribution < -0.4 is 4.90 Å². The van der Waals surface area contributed by atoms with Gasteiger partial charge in [-0.15, -0.1) is 0 Å². The lowest BCUT2D eigenvalue weighted by Gasteiger charge is -2.19. The van der Waals surface area contributed by atoms with E-state index in [1.54, 1.807) is 24.3 Å². The Bertz CT molecular complexity index is 885. The van der Waals surface area contributed by atoms with Crippen molar-refractivity contribution in [2.45, 2.75) is 6.42 Å². The minimum atomic E-state index is -0.470. The summed E-state index contributed by atoms with van der Waals surface area (Å²) in [7, 11) is 1.66. The monoisotopic (exact) mass is 340 g/mol. The van der Waals surface area contributed by atoms with Crippen molar-refractivity contribution in [2.75, 3.05) is 11.9 Å². The number of halogens is 2. The molecule has 0 aliphatic carbocycles. The molecule has 0 spiro atoms. The van der Waals surface area contributed by atoms with Gasteiger partial charge in [-0.1, -0.05) is 0 Å². The summed E-state index contributed by atoms with van der Waals surface area (Å²) in [6.07, 6.45) is 5.53. The van der Waals surface area contributed by atoms with Crippen molar-refractivity contribution in [3.63, 3.8) is 0 Å². The number of Topliss-reactive ketones (excluding diaryl/α,β-unsaturated/α-hetero) is 1. The summed E-state index contributed by atoms with van der Waals surface area (Å²) in [5.74, 6) is -1.17. The Labute approximate surface area is 143 Å². The maximum absolute atomic E-state index is 14.2. The molecule has 0 saturated carbocycles. The van der Waals surface area contributed by atoms with Crippen LogP contribution in [0.15, 0.2) is 55.2 Å². The summed E-state index contributed by atoms with van der Waals surface area (Å²) >= 11 is 0. The first-order chi connectivity index (χ1) is 12.0. The second-order valence-electron chi connectivity index (χ2n) is 5.39. The topological polar surface area (TPSA) is 59.0 Å². The smallest absolute Gasteiger partial charge is 0.168 e. The van der Waals surface area contributed by atoms with E-state index in [1.807, 2.05) is 0 Å². The Kier molecular flexibility index (Phi) is 4.74. The summed E-state index contributed by atoms with van der Waals surface area (Å²) in [6, 6.07) is 6.81. The van der Waals surface area contributed by atoms with E-state index in [1.165, 1.54) is 36.7 Å². The summed E-state index contributed by atoms with van der Waals surface area (Å²) in [5.41, 5.74) is 1.60. The second-order valence-corrected chi connectivity index (χ2v) is 5.39. The van der Waals surface area contributed by atoms with Crippen molar-refractivity contribution in [3.8, 4) is 0 Å². The maximum Gasteiger partial charge on any atom is 0.168 e. The van der Waals surface area contributed by atoms with Crippen LogP contribution in [-0.2, 0) is 6.42 Å². The van der Waals surface area contributed by atoms with Crippen LogP contribution in [0.4, 0.5) is 20.2 Å². The Morgan fingerprint density at radius 3 is 2.52 bits per heavy atom. The first kappa shape index (κ1) is 16.6. The van der Waals surface area contributed by atoms with Gasteiger partial charge in [0.05, 0.1) is 36.4 Å². The van der Waals surface area contributed by atoms with Gasteiger partial charge in [0.2, 0.25) is 0 Å². The van der Waals surface area contributed by atoms with E-state index in [0.29, 0.717) is 16.9 Å². The molecule has 0 saturated heterocycles. The van der Waals surface area contributed by atoms with Crippen LogP contribution >= 0.6 is 0 Å². The van der Waals surface area contributed by atoms with E-state index < -0.39 is 11.6 Å². The van der Waals surface area contributed by atoms with Gasteiger partial charge in [-0.25, -0.2) is 18.7 Å². The minimum absolute atomic E-state index is 0.00349. The quantitative estimate of drug-likeness (QED) is 0.667. The summed E-state index contributed by atoms with van der Waals surface area (Å²) in [5, 5.41) is 0. The van der Waals surface area contributed by atoms with Crippen LogP contribution in [0.25, 0.3) is 0 Å². The largest absolute Gasteiger partial charge is 0.340 e. The molecule has 0 atom stereocenters. The van der Waals surface area contributed by atoms with Gasteiger partial charge in [0.1, 0.15) is 18.0 Å². The summed E-state index contributed by atoms with van der Waals surface area (Å²) in [4.78, 5) is 25.7. The first-order valence-corrected chi connectivity index (χ1v) is 7.46. The Hall–Kier alpha value is -3.22. The molecule has 25 heavy (non-hydrogen) atoms. The predicted octanol–water partition coefficient (Wildman–Crippen LogP) is 3.34. The van der Waals surface area contributed by atoms with Crippen molar-refractivity contribution < 1.29 is 13.6 Å². The molecule has 0 aliphatic rings. The van der Waals surface area contributed by atoms with Crippen LogP contribution in [0.5, 0.6) is 0 Å². The van der Waals surface area contributed by atoms with Crippen LogP contribution in [0.1, 0.15) is 16.1 Å². The molecular formula is C18H14F2N4O. The van der Waals surface area contributed by atoms with Gasteiger partial charge >= 0.3 is 0 Å². The normalized spacial score (nSPS) is 10.5. The van der Waals surface area contributed by atoms with E-state index in [9.17, 15) is 13.6 Å². The van der Waals surface area contributed by atoms with Gasteiger partial charge in [-0.2, -0.15) is 0 Å². The zero-order valence-corrected chi connectivity index (χ0v) is 13.4. The van der Waals surface area contributed by atoms with Gasteiger partial charge in [0.15, 0.2) is 5.78 Å². The molecule has 0 N–H and O–H groups in total. The Morgan fingerprint density at radius 2 is 1.84 bits per heavy atom. The highest BCUT2D eigenvalue weighted by Crippen LogP contribution is 2.26. The van der Waals surface area contributed by atoms with E-state index in [4.69, 9.17) is 0 Å². The van der Waals surface area contributed by atoms with Crippen LogP contribution in [0.3, 0.4) is 0 Å². The number of nitrogens with zero attached hydrogens (tertiary/aromatic N) is 4. The molecule has 3 aromatic rings.